The Hall–Kier alpha value is -2.47. The first-order valence-electron chi connectivity index (χ1n) is 12.5. The fraction of sp³-hybridized carbons (Fsp3) is 0.500. The van der Waals surface area contributed by atoms with E-state index < -0.39 is 32.6 Å². The summed E-state index contributed by atoms with van der Waals surface area (Å²) in [5, 5.41) is 6.18. The summed E-state index contributed by atoms with van der Waals surface area (Å²) in [7, 11) is -2.80. The fourth-order valence-corrected chi connectivity index (χ4v) is 9.62. The van der Waals surface area contributed by atoms with Crippen molar-refractivity contribution in [1.82, 2.24) is 15.1 Å². The van der Waals surface area contributed by atoms with Crippen LogP contribution in [0.5, 0.6) is 0 Å². The lowest BCUT2D eigenvalue weighted by Crippen LogP contribution is -2.46. The zero-order valence-corrected chi connectivity index (χ0v) is 22.8. The van der Waals surface area contributed by atoms with Gasteiger partial charge in [0.15, 0.2) is 4.75 Å². The summed E-state index contributed by atoms with van der Waals surface area (Å²) >= 11 is 1.57. The fourth-order valence-electron chi connectivity index (χ4n) is 5.51. The Kier molecular flexibility index (Phi) is 7.08. The predicted molar refractivity (Wildman–Crippen MR) is 142 cm³/mol. The van der Waals surface area contributed by atoms with Gasteiger partial charge in [-0.1, -0.05) is 16.7 Å². The monoisotopic (exact) mass is 549 g/mol. The molecule has 0 bridgehead atoms. The molecule has 4 heterocycles. The van der Waals surface area contributed by atoms with E-state index in [-0.39, 0.29) is 17.8 Å². The van der Waals surface area contributed by atoms with Crippen molar-refractivity contribution in [3.63, 3.8) is 0 Å². The van der Waals surface area contributed by atoms with Crippen LogP contribution in [-0.2, 0) is 22.7 Å². The number of carbonyl (C=O) groups excluding carboxylic acids is 3. The highest BCUT2D eigenvalue weighted by molar-refractivity contribution is 8.28. The number of piperazine rings is 1. The number of fused-ring (bicyclic) bond motifs is 1. The van der Waals surface area contributed by atoms with Gasteiger partial charge in [0.2, 0.25) is 0 Å². The Labute approximate surface area is 221 Å². The van der Waals surface area contributed by atoms with Crippen LogP contribution in [0.4, 0.5) is 4.39 Å². The van der Waals surface area contributed by atoms with Gasteiger partial charge in [-0.3, -0.25) is 9.69 Å². The average molecular weight is 550 g/mol. The van der Waals surface area contributed by atoms with Crippen LogP contribution in [-0.4, -0.2) is 70.5 Å². The zero-order chi connectivity index (χ0) is 26.4. The minimum Gasteiger partial charge on any atom is -0.337 e. The van der Waals surface area contributed by atoms with Crippen LogP contribution in [0, 0.1) is 5.82 Å². The van der Waals surface area contributed by atoms with Crippen molar-refractivity contribution < 1.29 is 27.1 Å². The molecule has 2 unspecified atom stereocenters. The van der Waals surface area contributed by atoms with Crippen LogP contribution in [0.25, 0.3) is 10.1 Å². The van der Waals surface area contributed by atoms with Gasteiger partial charge in [-0.25, -0.2) is 14.0 Å². The molecule has 1 N–H and O–H groups in total. The molecule has 3 aliphatic rings. The standard InChI is InChI=1S/C26H32FN3O5S2/c1-17-30(25(33)26(2,3)37(17)34-23(31)8-9-24(32)35-37)12-5-4-11-29-13-10-28-15-21(29)20-16-36-22-14-18(27)6-7-19(20)22/h6-9,14,16-17,21,28H,4-5,10-13,15H2,1-3H3. The molecule has 5 rings (SSSR count). The Morgan fingerprint density at radius 3 is 2.57 bits per heavy atom. The van der Waals surface area contributed by atoms with E-state index in [0.29, 0.717) is 6.54 Å². The molecule has 200 valence electrons. The number of nitrogens with one attached hydrogen (secondary N) is 1. The molecule has 37 heavy (non-hydrogen) atoms. The summed E-state index contributed by atoms with van der Waals surface area (Å²) in [4.78, 5) is 42.0. The van der Waals surface area contributed by atoms with Crippen molar-refractivity contribution in [1.29, 1.82) is 0 Å². The van der Waals surface area contributed by atoms with Crippen LogP contribution in [0.3, 0.4) is 0 Å². The summed E-state index contributed by atoms with van der Waals surface area (Å²) in [5.41, 5.74) is 1.22. The number of hydrogen-bond donors (Lipinski definition) is 1. The first-order chi connectivity index (χ1) is 17.6. The predicted octanol–water partition coefficient (Wildman–Crippen LogP) is 4.02. The lowest BCUT2D eigenvalue weighted by atomic mass is 10.0. The molecule has 2 saturated heterocycles. The van der Waals surface area contributed by atoms with Crippen LogP contribution < -0.4 is 5.32 Å². The smallest absolute Gasteiger partial charge is 0.337 e. The maximum atomic E-state index is 13.7. The molecule has 1 aromatic carbocycles. The number of halogens is 1. The van der Waals surface area contributed by atoms with Gasteiger partial charge in [-0.15, -0.1) is 11.3 Å². The number of thiophene rings is 1. The topological polar surface area (TPSA) is 88.2 Å². The highest BCUT2D eigenvalue weighted by Gasteiger charge is 2.62. The molecule has 11 heteroatoms. The summed E-state index contributed by atoms with van der Waals surface area (Å²) < 4.78 is 24.8. The van der Waals surface area contributed by atoms with Crippen LogP contribution >= 0.6 is 21.9 Å². The van der Waals surface area contributed by atoms with E-state index in [0.717, 1.165) is 61.3 Å². The molecule has 2 aromatic rings. The lowest BCUT2D eigenvalue weighted by molar-refractivity contribution is -0.132. The van der Waals surface area contributed by atoms with Crippen molar-refractivity contribution in [2.75, 3.05) is 32.7 Å². The van der Waals surface area contributed by atoms with E-state index in [1.165, 1.54) is 11.6 Å². The van der Waals surface area contributed by atoms with Crippen molar-refractivity contribution in [3.05, 3.63) is 47.1 Å². The van der Waals surface area contributed by atoms with E-state index in [1.807, 2.05) is 6.07 Å². The Morgan fingerprint density at radius 1 is 1.14 bits per heavy atom. The second-order valence-corrected chi connectivity index (χ2v) is 14.1. The second kappa shape index (κ2) is 10.0. The number of carbonyl (C=O) groups is 3. The first-order valence-corrected chi connectivity index (χ1v) is 15.0. The second-order valence-electron chi connectivity index (χ2n) is 10.1. The van der Waals surface area contributed by atoms with Crippen molar-refractivity contribution in [2.45, 2.75) is 49.8 Å². The highest BCUT2D eigenvalue weighted by Crippen LogP contribution is 2.70. The van der Waals surface area contributed by atoms with E-state index in [4.69, 9.17) is 8.37 Å². The number of amides is 1. The van der Waals surface area contributed by atoms with Gasteiger partial charge in [0.25, 0.3) is 5.91 Å². The third kappa shape index (κ3) is 4.56. The van der Waals surface area contributed by atoms with Gasteiger partial charge < -0.3 is 18.6 Å². The Bertz CT molecular complexity index is 1240. The molecule has 0 saturated carbocycles. The molecule has 1 spiro atoms. The SMILES string of the molecule is CC1N(CCCCN2CCNCC2c2csc3cc(F)ccc23)C(=O)C(C)(C)S12OC(=O)C=CC(=O)O2. The van der Waals surface area contributed by atoms with E-state index in [1.54, 1.807) is 43.1 Å². The molecular weight excluding hydrogens is 517 g/mol. The van der Waals surface area contributed by atoms with Crippen LogP contribution in [0.1, 0.15) is 45.2 Å². The maximum Gasteiger partial charge on any atom is 0.353 e. The van der Waals surface area contributed by atoms with Gasteiger partial charge in [0, 0.05) is 49.1 Å². The molecular formula is C26H32FN3O5S2. The largest absolute Gasteiger partial charge is 0.353 e. The highest BCUT2D eigenvalue weighted by atomic mass is 32.3. The van der Waals surface area contributed by atoms with Gasteiger partial charge >= 0.3 is 11.9 Å². The summed E-state index contributed by atoms with van der Waals surface area (Å²) in [6, 6.07) is 5.17. The third-order valence-corrected chi connectivity index (χ3v) is 12.1. The zero-order valence-electron chi connectivity index (χ0n) is 21.2. The molecule has 2 atom stereocenters. The normalized spacial score (nSPS) is 26.4. The van der Waals surface area contributed by atoms with Gasteiger partial charge in [-0.2, -0.15) is 0 Å². The lowest BCUT2D eigenvalue weighted by Gasteiger charge is -2.47. The average Bonchev–Trinajstić information content (AvgIpc) is 3.26. The summed E-state index contributed by atoms with van der Waals surface area (Å²) in [6.07, 6.45) is 3.73. The van der Waals surface area contributed by atoms with E-state index in [9.17, 15) is 18.8 Å². The molecule has 8 nitrogen and oxygen atoms in total. The summed E-state index contributed by atoms with van der Waals surface area (Å²) in [5.74, 6) is -1.72. The van der Waals surface area contributed by atoms with Crippen molar-refractivity contribution >= 4 is 49.9 Å². The first kappa shape index (κ1) is 26.1. The van der Waals surface area contributed by atoms with Crippen molar-refractivity contribution in [3.8, 4) is 0 Å². The number of hydrogen-bond acceptors (Lipinski definition) is 8. The number of rotatable bonds is 6. The summed E-state index contributed by atoms with van der Waals surface area (Å²) in [6.45, 7) is 9.15. The Balaban J connectivity index is 1.24. The van der Waals surface area contributed by atoms with Gasteiger partial charge in [0.05, 0.1) is 0 Å². The minimum atomic E-state index is -2.80. The van der Waals surface area contributed by atoms with Crippen LogP contribution in [0.2, 0.25) is 0 Å². The number of benzene rings is 1. The van der Waals surface area contributed by atoms with Crippen molar-refractivity contribution in [2.24, 2.45) is 0 Å². The third-order valence-electron chi connectivity index (χ3n) is 7.52. The molecule has 0 radical (unpaired) electrons. The quantitative estimate of drug-likeness (QED) is 0.545. The minimum absolute atomic E-state index is 0.172. The van der Waals surface area contributed by atoms with Gasteiger partial charge in [0.1, 0.15) is 11.2 Å². The molecule has 1 aromatic heterocycles. The van der Waals surface area contributed by atoms with Crippen LogP contribution in [0.15, 0.2) is 35.7 Å². The van der Waals surface area contributed by atoms with E-state index >= 15 is 0 Å². The number of unbranched alkanes of at least 4 members (excludes halogenated alkanes) is 1. The van der Waals surface area contributed by atoms with E-state index in [2.05, 4.69) is 15.6 Å². The Morgan fingerprint density at radius 2 is 1.84 bits per heavy atom. The molecule has 3 aliphatic heterocycles. The van der Waals surface area contributed by atoms with Gasteiger partial charge in [-0.05, 0) is 68.6 Å². The molecule has 0 aliphatic carbocycles. The molecule has 1 amide bonds. The number of nitrogens with zero attached hydrogens (tertiary/aromatic N) is 2. The molecule has 2 fully saturated rings. The maximum absolute atomic E-state index is 13.7.